The lowest BCUT2D eigenvalue weighted by Gasteiger charge is -2.18. The average molecular weight is 231 g/mol. The number of hydrogen-bond acceptors (Lipinski definition) is 3. The second kappa shape index (κ2) is 9.03. The summed E-state index contributed by atoms with van der Waals surface area (Å²) in [6.45, 7) is 4.55. The number of alkyl halides is 2. The molecule has 0 aliphatic rings. The zero-order chi connectivity index (χ0) is 10.1. The van der Waals surface area contributed by atoms with Crippen LogP contribution >= 0.6 is 23.2 Å². The number of rotatable bonds is 8. The van der Waals surface area contributed by atoms with E-state index in [1.54, 1.807) is 13.8 Å². The predicted octanol–water partition coefficient (Wildman–Crippen LogP) is 2.21. The van der Waals surface area contributed by atoms with Crippen molar-refractivity contribution in [2.24, 2.45) is 0 Å². The van der Waals surface area contributed by atoms with Crippen LogP contribution in [0.5, 0.6) is 0 Å². The summed E-state index contributed by atoms with van der Waals surface area (Å²) in [5, 5.41) is 0. The Kier molecular flexibility index (Phi) is 9.35. The lowest BCUT2D eigenvalue weighted by atomic mass is 10.6. The third-order valence-corrected chi connectivity index (χ3v) is 1.55. The molecule has 0 rings (SSSR count). The Balaban J connectivity index is 3.35. The SMILES string of the molecule is CC(OCCCl)OC(C)OCCCl. The highest BCUT2D eigenvalue weighted by Gasteiger charge is 2.07. The zero-order valence-corrected chi connectivity index (χ0v) is 9.48. The molecule has 0 heterocycles. The third kappa shape index (κ3) is 8.78. The Morgan fingerprint density at radius 1 is 0.923 bits per heavy atom. The Labute approximate surface area is 89.2 Å². The van der Waals surface area contributed by atoms with Gasteiger partial charge in [-0.25, -0.2) is 0 Å². The number of halogens is 2. The van der Waals surface area contributed by atoms with Crippen molar-refractivity contribution in [2.75, 3.05) is 25.0 Å². The molecule has 0 fully saturated rings. The van der Waals surface area contributed by atoms with Crippen molar-refractivity contribution in [1.82, 2.24) is 0 Å². The van der Waals surface area contributed by atoms with Gasteiger partial charge in [-0.1, -0.05) is 0 Å². The van der Waals surface area contributed by atoms with Gasteiger partial charge in [0.15, 0.2) is 12.6 Å². The molecule has 0 amide bonds. The first-order valence-electron chi connectivity index (χ1n) is 4.21. The van der Waals surface area contributed by atoms with E-state index in [-0.39, 0.29) is 12.6 Å². The molecule has 5 heteroatoms. The molecular formula is C8H16Cl2O3. The second-order valence-electron chi connectivity index (χ2n) is 2.39. The van der Waals surface area contributed by atoms with E-state index in [4.69, 9.17) is 37.4 Å². The monoisotopic (exact) mass is 230 g/mol. The molecule has 0 aromatic carbocycles. The van der Waals surface area contributed by atoms with Crippen LogP contribution in [-0.2, 0) is 14.2 Å². The van der Waals surface area contributed by atoms with Gasteiger partial charge in [0.1, 0.15) is 0 Å². The Bertz CT molecular complexity index is 102. The van der Waals surface area contributed by atoms with Gasteiger partial charge in [0, 0.05) is 11.8 Å². The van der Waals surface area contributed by atoms with Gasteiger partial charge in [0.05, 0.1) is 13.2 Å². The summed E-state index contributed by atoms with van der Waals surface area (Å²) < 4.78 is 15.6. The van der Waals surface area contributed by atoms with Crippen LogP contribution in [0, 0.1) is 0 Å². The second-order valence-corrected chi connectivity index (χ2v) is 3.15. The maximum absolute atomic E-state index is 5.44. The van der Waals surface area contributed by atoms with E-state index in [1.165, 1.54) is 0 Å². The van der Waals surface area contributed by atoms with Crippen molar-refractivity contribution < 1.29 is 14.2 Å². The van der Waals surface area contributed by atoms with Crippen molar-refractivity contribution in [1.29, 1.82) is 0 Å². The molecule has 0 bridgehead atoms. The van der Waals surface area contributed by atoms with Crippen molar-refractivity contribution in [3.05, 3.63) is 0 Å². The molecule has 2 unspecified atom stereocenters. The number of ether oxygens (including phenoxy) is 3. The van der Waals surface area contributed by atoms with Crippen LogP contribution in [0.15, 0.2) is 0 Å². The molecule has 0 aromatic rings. The summed E-state index contributed by atoms with van der Waals surface area (Å²) in [4.78, 5) is 0. The third-order valence-electron chi connectivity index (χ3n) is 1.24. The van der Waals surface area contributed by atoms with E-state index in [1.807, 2.05) is 0 Å². The summed E-state index contributed by atoms with van der Waals surface area (Å²) in [6, 6.07) is 0. The van der Waals surface area contributed by atoms with Gasteiger partial charge < -0.3 is 14.2 Å². The summed E-state index contributed by atoms with van der Waals surface area (Å²) >= 11 is 10.9. The van der Waals surface area contributed by atoms with Crippen LogP contribution < -0.4 is 0 Å². The van der Waals surface area contributed by atoms with E-state index in [9.17, 15) is 0 Å². The molecule has 0 aromatic heterocycles. The van der Waals surface area contributed by atoms with Crippen LogP contribution in [0.1, 0.15) is 13.8 Å². The van der Waals surface area contributed by atoms with Gasteiger partial charge in [0.2, 0.25) is 0 Å². The summed E-state index contributed by atoms with van der Waals surface area (Å²) in [6.07, 6.45) is -0.604. The topological polar surface area (TPSA) is 27.7 Å². The molecule has 0 aliphatic heterocycles. The van der Waals surface area contributed by atoms with E-state index in [0.29, 0.717) is 25.0 Å². The Morgan fingerprint density at radius 3 is 1.62 bits per heavy atom. The van der Waals surface area contributed by atoms with Gasteiger partial charge >= 0.3 is 0 Å². The van der Waals surface area contributed by atoms with Gasteiger partial charge in [-0.05, 0) is 13.8 Å². The van der Waals surface area contributed by atoms with Crippen molar-refractivity contribution in [3.8, 4) is 0 Å². The minimum absolute atomic E-state index is 0.302. The molecule has 0 saturated heterocycles. The van der Waals surface area contributed by atoms with E-state index in [2.05, 4.69) is 0 Å². The van der Waals surface area contributed by atoms with Crippen molar-refractivity contribution >= 4 is 23.2 Å². The van der Waals surface area contributed by atoms with Crippen LogP contribution in [0.3, 0.4) is 0 Å². The van der Waals surface area contributed by atoms with Crippen LogP contribution in [0.2, 0.25) is 0 Å². The summed E-state index contributed by atoms with van der Waals surface area (Å²) in [5.41, 5.74) is 0. The minimum atomic E-state index is -0.302. The Hall–Kier alpha value is 0.460. The van der Waals surface area contributed by atoms with Crippen LogP contribution in [0.25, 0.3) is 0 Å². The molecule has 3 nitrogen and oxygen atoms in total. The van der Waals surface area contributed by atoms with E-state index < -0.39 is 0 Å². The first-order chi connectivity index (χ1) is 6.20. The highest BCUT2D eigenvalue weighted by Crippen LogP contribution is 2.01. The minimum Gasteiger partial charge on any atom is -0.352 e. The highest BCUT2D eigenvalue weighted by molar-refractivity contribution is 6.18. The highest BCUT2D eigenvalue weighted by atomic mass is 35.5. The van der Waals surface area contributed by atoms with Gasteiger partial charge in [-0.2, -0.15) is 0 Å². The summed E-state index contributed by atoms with van der Waals surface area (Å²) in [5.74, 6) is 0.926. The van der Waals surface area contributed by atoms with Crippen LogP contribution in [-0.4, -0.2) is 37.6 Å². The first-order valence-corrected chi connectivity index (χ1v) is 5.28. The molecule has 0 N–H and O–H groups in total. The summed E-state index contributed by atoms with van der Waals surface area (Å²) in [7, 11) is 0. The maximum Gasteiger partial charge on any atom is 0.157 e. The van der Waals surface area contributed by atoms with Crippen molar-refractivity contribution in [3.63, 3.8) is 0 Å². The first kappa shape index (κ1) is 13.5. The quantitative estimate of drug-likeness (QED) is 0.473. The lowest BCUT2D eigenvalue weighted by Crippen LogP contribution is -2.23. The fourth-order valence-corrected chi connectivity index (χ4v) is 0.948. The molecule has 13 heavy (non-hydrogen) atoms. The standard InChI is InChI=1S/C8H16Cl2O3/c1-7(11-5-3-9)13-8(2)12-6-4-10/h7-8H,3-6H2,1-2H3. The van der Waals surface area contributed by atoms with Gasteiger partial charge in [0.25, 0.3) is 0 Å². The van der Waals surface area contributed by atoms with Crippen LogP contribution in [0.4, 0.5) is 0 Å². The molecule has 0 aliphatic carbocycles. The normalized spacial score (nSPS) is 15.7. The molecule has 0 radical (unpaired) electrons. The molecule has 2 atom stereocenters. The lowest BCUT2D eigenvalue weighted by molar-refractivity contribution is -0.228. The fraction of sp³-hybridized carbons (Fsp3) is 1.00. The van der Waals surface area contributed by atoms with Gasteiger partial charge in [-0.15, -0.1) is 23.2 Å². The molecule has 80 valence electrons. The smallest absolute Gasteiger partial charge is 0.157 e. The van der Waals surface area contributed by atoms with Crippen molar-refractivity contribution in [2.45, 2.75) is 26.4 Å². The number of hydrogen-bond donors (Lipinski definition) is 0. The Morgan fingerprint density at radius 2 is 1.31 bits per heavy atom. The maximum atomic E-state index is 5.44. The zero-order valence-electron chi connectivity index (χ0n) is 7.96. The van der Waals surface area contributed by atoms with E-state index >= 15 is 0 Å². The van der Waals surface area contributed by atoms with E-state index in [0.717, 1.165) is 0 Å². The predicted molar refractivity (Wildman–Crippen MR) is 53.4 cm³/mol. The molecular weight excluding hydrogens is 215 g/mol. The van der Waals surface area contributed by atoms with Gasteiger partial charge in [-0.3, -0.25) is 0 Å². The fourth-order valence-electron chi connectivity index (χ4n) is 0.769. The molecule has 0 saturated carbocycles. The largest absolute Gasteiger partial charge is 0.352 e. The molecule has 0 spiro atoms. The average Bonchev–Trinajstić information content (AvgIpc) is 2.11.